The first-order chi connectivity index (χ1) is 7.59. The average Bonchev–Trinajstić information content (AvgIpc) is 2.28. The van der Waals surface area contributed by atoms with Crippen molar-refractivity contribution in [2.24, 2.45) is 0 Å². The van der Waals surface area contributed by atoms with E-state index >= 15 is 0 Å². The molecule has 0 aliphatic carbocycles. The van der Waals surface area contributed by atoms with Crippen LogP contribution < -0.4 is 0 Å². The number of halogens is 4. The highest BCUT2D eigenvalue weighted by atomic mass is 127. The first-order valence-corrected chi connectivity index (χ1v) is 6.56. The maximum Gasteiger partial charge on any atom is 0.101 e. The summed E-state index contributed by atoms with van der Waals surface area (Å²) >= 11 is 20.1. The van der Waals surface area contributed by atoms with Gasteiger partial charge in [-0.3, -0.25) is 0 Å². The lowest BCUT2D eigenvalue weighted by Gasteiger charge is -2.07. The molecule has 1 heterocycles. The normalized spacial score (nSPS) is 10.5. The van der Waals surface area contributed by atoms with E-state index in [1.807, 2.05) is 18.2 Å². The maximum absolute atomic E-state index is 6.13. The number of hydrogen-bond acceptors (Lipinski definition) is 1. The van der Waals surface area contributed by atoms with Crippen LogP contribution in [0.1, 0.15) is 0 Å². The van der Waals surface area contributed by atoms with Crippen molar-refractivity contribution in [1.29, 1.82) is 0 Å². The van der Waals surface area contributed by atoms with Gasteiger partial charge in [-0.05, 0) is 34.7 Å². The monoisotopic (exact) mass is 383 g/mol. The Bertz CT molecular complexity index is 525. The Balaban J connectivity index is 2.57. The van der Waals surface area contributed by atoms with Gasteiger partial charge in [0.25, 0.3) is 0 Å². The van der Waals surface area contributed by atoms with Gasteiger partial charge in [0.15, 0.2) is 0 Å². The van der Waals surface area contributed by atoms with Gasteiger partial charge < -0.3 is 0 Å². The van der Waals surface area contributed by atoms with Crippen molar-refractivity contribution in [1.82, 2.24) is 4.98 Å². The molecule has 0 amide bonds. The highest BCUT2D eigenvalue weighted by Crippen LogP contribution is 2.37. The van der Waals surface area contributed by atoms with Crippen LogP contribution >= 0.6 is 57.4 Å². The molecule has 1 nitrogen and oxygen atoms in total. The van der Waals surface area contributed by atoms with Crippen LogP contribution in [-0.4, -0.2) is 4.98 Å². The quantitative estimate of drug-likeness (QED) is 0.369. The highest BCUT2D eigenvalue weighted by molar-refractivity contribution is 14.1. The van der Waals surface area contributed by atoms with Crippen molar-refractivity contribution in [3.05, 3.63) is 49.2 Å². The predicted molar refractivity (Wildman–Crippen MR) is 77.4 cm³/mol. The molecule has 1 aromatic carbocycles. The topological polar surface area (TPSA) is 12.9 Å². The Morgan fingerprint density at radius 3 is 2.31 bits per heavy atom. The van der Waals surface area contributed by atoms with Gasteiger partial charge in [-0.25, -0.2) is 4.98 Å². The zero-order valence-corrected chi connectivity index (χ0v) is 12.3. The molecule has 0 unspecified atom stereocenters. The molecule has 0 fully saturated rings. The lowest BCUT2D eigenvalue weighted by Crippen LogP contribution is -1.85. The van der Waals surface area contributed by atoms with Gasteiger partial charge in [-0.1, -0.05) is 46.9 Å². The molecular formula is C11H5Cl3IN. The SMILES string of the molecule is Clc1ccc(-c2ccc(I)nc2)c(Cl)c1Cl. The summed E-state index contributed by atoms with van der Waals surface area (Å²) in [5.74, 6) is 0. The Labute approximate surface area is 122 Å². The Hall–Kier alpha value is -0.0300. The van der Waals surface area contributed by atoms with Crippen LogP contribution in [0, 0.1) is 3.70 Å². The Morgan fingerprint density at radius 1 is 0.938 bits per heavy atom. The van der Waals surface area contributed by atoms with Crippen LogP contribution in [0.2, 0.25) is 15.1 Å². The van der Waals surface area contributed by atoms with Crippen LogP contribution in [0.25, 0.3) is 11.1 Å². The zero-order chi connectivity index (χ0) is 11.7. The summed E-state index contributed by atoms with van der Waals surface area (Å²) in [5.41, 5.74) is 1.75. The standard InChI is InChI=1S/C11H5Cl3IN/c12-8-3-2-7(10(13)11(8)14)6-1-4-9(15)16-5-6/h1-5H. The first kappa shape index (κ1) is 12.4. The van der Waals surface area contributed by atoms with Crippen LogP contribution in [0.4, 0.5) is 0 Å². The molecule has 0 aliphatic heterocycles. The van der Waals surface area contributed by atoms with E-state index in [1.54, 1.807) is 12.3 Å². The molecule has 0 atom stereocenters. The van der Waals surface area contributed by atoms with Crippen LogP contribution in [0.15, 0.2) is 30.5 Å². The minimum Gasteiger partial charge on any atom is -0.250 e. The molecule has 2 aromatic rings. The van der Waals surface area contributed by atoms with E-state index in [0.29, 0.717) is 15.1 Å². The van der Waals surface area contributed by atoms with Crippen molar-refractivity contribution in [2.45, 2.75) is 0 Å². The summed E-state index contributed by atoms with van der Waals surface area (Å²) in [6, 6.07) is 7.42. The van der Waals surface area contributed by atoms with Crippen LogP contribution in [-0.2, 0) is 0 Å². The Kier molecular flexibility index (Phi) is 3.95. The summed E-state index contributed by atoms with van der Waals surface area (Å²) < 4.78 is 0.928. The molecule has 0 radical (unpaired) electrons. The fraction of sp³-hybridized carbons (Fsp3) is 0. The number of pyridine rings is 1. The summed E-state index contributed by atoms with van der Waals surface area (Å²) in [7, 11) is 0. The predicted octanol–water partition coefficient (Wildman–Crippen LogP) is 5.31. The van der Waals surface area contributed by atoms with E-state index < -0.39 is 0 Å². The van der Waals surface area contributed by atoms with E-state index in [2.05, 4.69) is 27.6 Å². The molecule has 1 aromatic heterocycles. The summed E-state index contributed by atoms with van der Waals surface area (Å²) in [5, 5.41) is 1.28. The number of aromatic nitrogens is 1. The second kappa shape index (κ2) is 5.08. The summed E-state index contributed by atoms with van der Waals surface area (Å²) in [6.07, 6.45) is 1.76. The van der Waals surface area contributed by atoms with Gasteiger partial charge in [0.2, 0.25) is 0 Å². The van der Waals surface area contributed by atoms with Gasteiger partial charge in [0.05, 0.1) is 15.1 Å². The molecule has 0 bridgehead atoms. The minimum atomic E-state index is 0.374. The van der Waals surface area contributed by atoms with E-state index in [4.69, 9.17) is 34.8 Å². The minimum absolute atomic E-state index is 0.374. The molecule has 2 rings (SSSR count). The molecule has 0 saturated heterocycles. The van der Waals surface area contributed by atoms with Gasteiger partial charge >= 0.3 is 0 Å². The third-order valence-corrected chi connectivity index (χ3v) is 4.01. The molecule has 0 N–H and O–H groups in total. The van der Waals surface area contributed by atoms with Crippen LogP contribution in [0.5, 0.6) is 0 Å². The van der Waals surface area contributed by atoms with Gasteiger partial charge in [0, 0.05) is 17.3 Å². The van der Waals surface area contributed by atoms with Crippen molar-refractivity contribution in [3.8, 4) is 11.1 Å². The molecule has 0 spiro atoms. The van der Waals surface area contributed by atoms with Crippen molar-refractivity contribution in [3.63, 3.8) is 0 Å². The number of hydrogen-bond donors (Lipinski definition) is 0. The molecule has 82 valence electrons. The average molecular weight is 384 g/mol. The van der Waals surface area contributed by atoms with E-state index in [-0.39, 0.29) is 0 Å². The smallest absolute Gasteiger partial charge is 0.101 e. The van der Waals surface area contributed by atoms with Crippen molar-refractivity contribution >= 4 is 57.4 Å². The lowest BCUT2D eigenvalue weighted by molar-refractivity contribution is 1.27. The third-order valence-electron chi connectivity index (χ3n) is 2.07. The Morgan fingerprint density at radius 2 is 1.69 bits per heavy atom. The fourth-order valence-electron chi connectivity index (χ4n) is 1.28. The number of rotatable bonds is 1. The molecule has 0 aliphatic rings. The summed E-state index contributed by atoms with van der Waals surface area (Å²) in [4.78, 5) is 4.20. The van der Waals surface area contributed by atoms with Gasteiger partial charge in [-0.2, -0.15) is 0 Å². The van der Waals surface area contributed by atoms with Crippen LogP contribution in [0.3, 0.4) is 0 Å². The van der Waals surface area contributed by atoms with E-state index in [9.17, 15) is 0 Å². The fourth-order valence-corrected chi connectivity index (χ4v) is 2.25. The van der Waals surface area contributed by atoms with Gasteiger partial charge in [0.1, 0.15) is 3.70 Å². The number of nitrogens with zero attached hydrogens (tertiary/aromatic N) is 1. The first-order valence-electron chi connectivity index (χ1n) is 4.35. The lowest BCUT2D eigenvalue weighted by atomic mass is 10.1. The maximum atomic E-state index is 6.13. The summed E-state index contributed by atoms with van der Waals surface area (Å²) in [6.45, 7) is 0. The second-order valence-electron chi connectivity index (χ2n) is 3.09. The van der Waals surface area contributed by atoms with Crippen molar-refractivity contribution in [2.75, 3.05) is 0 Å². The molecule has 0 saturated carbocycles. The molecule has 16 heavy (non-hydrogen) atoms. The highest BCUT2D eigenvalue weighted by Gasteiger charge is 2.10. The molecule has 5 heteroatoms. The van der Waals surface area contributed by atoms with Gasteiger partial charge in [-0.15, -0.1) is 0 Å². The zero-order valence-electron chi connectivity index (χ0n) is 7.85. The largest absolute Gasteiger partial charge is 0.250 e. The van der Waals surface area contributed by atoms with E-state index in [0.717, 1.165) is 14.8 Å². The number of benzene rings is 1. The third kappa shape index (κ3) is 2.45. The van der Waals surface area contributed by atoms with E-state index in [1.165, 1.54) is 0 Å². The molecular weight excluding hydrogens is 379 g/mol. The van der Waals surface area contributed by atoms with Crippen molar-refractivity contribution < 1.29 is 0 Å². The second-order valence-corrected chi connectivity index (χ2v) is 5.36.